The molecule has 2 rings (SSSR count). The van der Waals surface area contributed by atoms with Crippen molar-refractivity contribution in [2.75, 3.05) is 6.54 Å². The summed E-state index contributed by atoms with van der Waals surface area (Å²) < 4.78 is 13.9. The summed E-state index contributed by atoms with van der Waals surface area (Å²) >= 11 is 7.57. The van der Waals surface area contributed by atoms with Crippen LogP contribution in [0.4, 0.5) is 4.39 Å². The van der Waals surface area contributed by atoms with Crippen LogP contribution in [0, 0.1) is 12.7 Å². The largest absolute Gasteiger partial charge is 0.310 e. The highest BCUT2D eigenvalue weighted by atomic mass is 35.5. The molecular weight excluding hydrogens is 283 g/mol. The fourth-order valence-electron chi connectivity index (χ4n) is 2.02. The molecule has 0 radical (unpaired) electrons. The minimum absolute atomic E-state index is 0.210. The fraction of sp³-hybridized carbons (Fsp3) is 0.357. The molecule has 1 aromatic heterocycles. The molecule has 19 heavy (non-hydrogen) atoms. The number of hydrogen-bond donors (Lipinski definition) is 1. The van der Waals surface area contributed by atoms with Crippen LogP contribution in [0.1, 0.15) is 30.5 Å². The van der Waals surface area contributed by atoms with Gasteiger partial charge in [0.05, 0.1) is 16.3 Å². The number of aryl methyl sites for hydroxylation is 1. The molecule has 5 heteroatoms. The van der Waals surface area contributed by atoms with Crippen LogP contribution >= 0.6 is 22.9 Å². The molecule has 0 saturated heterocycles. The van der Waals surface area contributed by atoms with Crippen molar-refractivity contribution in [3.05, 3.63) is 39.6 Å². The predicted octanol–water partition coefficient (Wildman–Crippen LogP) is 4.58. The first kappa shape index (κ1) is 14.4. The smallest absolute Gasteiger partial charge is 0.134 e. The van der Waals surface area contributed by atoms with E-state index in [0.717, 1.165) is 17.1 Å². The van der Waals surface area contributed by atoms with Crippen LogP contribution in [0.25, 0.3) is 10.6 Å². The van der Waals surface area contributed by atoms with Crippen molar-refractivity contribution in [2.45, 2.75) is 26.8 Å². The number of hydrogen-bond acceptors (Lipinski definition) is 3. The Bertz CT molecular complexity index is 563. The molecule has 1 atom stereocenters. The zero-order chi connectivity index (χ0) is 14.0. The molecule has 0 saturated carbocycles. The number of thiazole rings is 1. The first-order valence-electron chi connectivity index (χ1n) is 6.19. The summed E-state index contributed by atoms with van der Waals surface area (Å²) in [5, 5.41) is 4.38. The van der Waals surface area contributed by atoms with Crippen molar-refractivity contribution < 1.29 is 4.39 Å². The van der Waals surface area contributed by atoms with E-state index in [1.807, 2.05) is 6.92 Å². The second-order valence-corrected chi connectivity index (χ2v) is 5.78. The normalized spacial score (nSPS) is 12.7. The molecule has 2 aromatic rings. The van der Waals surface area contributed by atoms with E-state index in [-0.39, 0.29) is 11.9 Å². The minimum Gasteiger partial charge on any atom is -0.310 e. The highest BCUT2D eigenvalue weighted by molar-refractivity contribution is 7.15. The van der Waals surface area contributed by atoms with E-state index in [9.17, 15) is 4.39 Å². The molecule has 0 aliphatic carbocycles. The van der Waals surface area contributed by atoms with Crippen LogP contribution in [0.2, 0.25) is 5.02 Å². The predicted molar refractivity (Wildman–Crippen MR) is 79.3 cm³/mol. The summed E-state index contributed by atoms with van der Waals surface area (Å²) in [7, 11) is 0. The summed E-state index contributed by atoms with van der Waals surface area (Å²) in [5.41, 5.74) is 1.32. The summed E-state index contributed by atoms with van der Waals surface area (Å²) in [6, 6.07) is 4.90. The standard InChI is InChI=1S/C14H16ClFN2S/c1-4-17-8(2)13-9(3)18-14(19-13)12-10(15)6-5-7-11(12)16/h5-8,17H,4H2,1-3H3. The lowest BCUT2D eigenvalue weighted by Crippen LogP contribution is -2.17. The van der Waals surface area contributed by atoms with Crippen molar-refractivity contribution in [1.82, 2.24) is 10.3 Å². The number of rotatable bonds is 4. The van der Waals surface area contributed by atoms with Gasteiger partial charge in [-0.3, -0.25) is 0 Å². The Labute approximate surface area is 121 Å². The highest BCUT2D eigenvalue weighted by Gasteiger charge is 2.18. The van der Waals surface area contributed by atoms with Gasteiger partial charge in [-0.2, -0.15) is 0 Å². The molecule has 1 unspecified atom stereocenters. The number of benzene rings is 1. The lowest BCUT2D eigenvalue weighted by molar-refractivity contribution is 0.603. The van der Waals surface area contributed by atoms with Gasteiger partial charge in [0, 0.05) is 10.9 Å². The molecule has 0 bridgehead atoms. The monoisotopic (exact) mass is 298 g/mol. The van der Waals surface area contributed by atoms with Gasteiger partial charge in [0.1, 0.15) is 10.8 Å². The lowest BCUT2D eigenvalue weighted by Gasteiger charge is -2.10. The molecule has 1 N–H and O–H groups in total. The zero-order valence-corrected chi connectivity index (χ0v) is 12.7. The zero-order valence-electron chi connectivity index (χ0n) is 11.1. The van der Waals surface area contributed by atoms with E-state index in [0.29, 0.717) is 15.6 Å². The minimum atomic E-state index is -0.330. The van der Waals surface area contributed by atoms with Gasteiger partial charge >= 0.3 is 0 Å². The number of aromatic nitrogens is 1. The van der Waals surface area contributed by atoms with Gasteiger partial charge in [-0.1, -0.05) is 24.6 Å². The Morgan fingerprint density at radius 1 is 1.47 bits per heavy atom. The molecule has 1 heterocycles. The number of nitrogens with one attached hydrogen (secondary N) is 1. The lowest BCUT2D eigenvalue weighted by atomic mass is 10.2. The molecule has 102 valence electrons. The van der Waals surface area contributed by atoms with Crippen molar-refractivity contribution in [1.29, 1.82) is 0 Å². The second kappa shape index (κ2) is 5.99. The van der Waals surface area contributed by atoms with Crippen LogP contribution in [0.3, 0.4) is 0 Å². The Balaban J connectivity index is 2.45. The van der Waals surface area contributed by atoms with Crippen molar-refractivity contribution in [2.24, 2.45) is 0 Å². The van der Waals surface area contributed by atoms with Crippen LogP contribution < -0.4 is 5.32 Å². The average molecular weight is 299 g/mol. The molecular formula is C14H16ClFN2S. The van der Waals surface area contributed by atoms with E-state index >= 15 is 0 Å². The first-order chi connectivity index (χ1) is 9.04. The SMILES string of the molecule is CCNC(C)c1sc(-c2c(F)cccc2Cl)nc1C. The van der Waals surface area contributed by atoms with E-state index < -0.39 is 0 Å². The summed E-state index contributed by atoms with van der Waals surface area (Å²) in [5.74, 6) is -0.330. The Morgan fingerprint density at radius 3 is 2.84 bits per heavy atom. The molecule has 2 nitrogen and oxygen atoms in total. The molecule has 0 aliphatic rings. The van der Waals surface area contributed by atoms with Crippen molar-refractivity contribution >= 4 is 22.9 Å². The van der Waals surface area contributed by atoms with Crippen LogP contribution in [-0.4, -0.2) is 11.5 Å². The van der Waals surface area contributed by atoms with Gasteiger partial charge in [0.2, 0.25) is 0 Å². The third-order valence-corrected chi connectivity index (χ3v) is 4.59. The summed E-state index contributed by atoms with van der Waals surface area (Å²) in [6.07, 6.45) is 0. The summed E-state index contributed by atoms with van der Waals surface area (Å²) in [6.45, 7) is 6.96. The quantitative estimate of drug-likeness (QED) is 0.893. The fourth-order valence-corrected chi connectivity index (χ4v) is 3.48. The van der Waals surface area contributed by atoms with Crippen LogP contribution in [0.5, 0.6) is 0 Å². The third-order valence-electron chi connectivity index (χ3n) is 2.91. The van der Waals surface area contributed by atoms with Gasteiger partial charge in [0.15, 0.2) is 0 Å². The second-order valence-electron chi connectivity index (χ2n) is 4.34. The van der Waals surface area contributed by atoms with Gasteiger partial charge in [0.25, 0.3) is 0 Å². The maximum atomic E-state index is 13.9. The highest BCUT2D eigenvalue weighted by Crippen LogP contribution is 2.36. The molecule has 1 aromatic carbocycles. The van der Waals surface area contributed by atoms with Gasteiger partial charge in [-0.05, 0) is 32.5 Å². The van der Waals surface area contributed by atoms with Crippen LogP contribution in [0.15, 0.2) is 18.2 Å². The van der Waals surface area contributed by atoms with Crippen molar-refractivity contribution in [3.63, 3.8) is 0 Å². The van der Waals surface area contributed by atoms with E-state index in [1.54, 1.807) is 12.1 Å². The Hall–Kier alpha value is -0.970. The van der Waals surface area contributed by atoms with Gasteiger partial charge in [-0.25, -0.2) is 9.37 Å². The maximum Gasteiger partial charge on any atom is 0.134 e. The van der Waals surface area contributed by atoms with E-state index in [1.165, 1.54) is 17.4 Å². The van der Waals surface area contributed by atoms with E-state index in [4.69, 9.17) is 11.6 Å². The average Bonchev–Trinajstić information content (AvgIpc) is 2.71. The Kier molecular flexibility index (Phi) is 4.55. The molecule has 0 spiro atoms. The number of nitrogens with zero attached hydrogens (tertiary/aromatic N) is 1. The molecule has 0 amide bonds. The van der Waals surface area contributed by atoms with Crippen molar-refractivity contribution in [3.8, 4) is 10.6 Å². The van der Waals surface area contributed by atoms with E-state index in [2.05, 4.69) is 24.1 Å². The van der Waals surface area contributed by atoms with Crippen LogP contribution in [-0.2, 0) is 0 Å². The number of halogens is 2. The van der Waals surface area contributed by atoms with Gasteiger partial charge in [-0.15, -0.1) is 11.3 Å². The Morgan fingerprint density at radius 2 is 2.21 bits per heavy atom. The maximum absolute atomic E-state index is 13.9. The topological polar surface area (TPSA) is 24.9 Å². The first-order valence-corrected chi connectivity index (χ1v) is 7.39. The molecule has 0 fully saturated rings. The summed E-state index contributed by atoms with van der Waals surface area (Å²) in [4.78, 5) is 5.58. The van der Waals surface area contributed by atoms with Gasteiger partial charge < -0.3 is 5.32 Å². The molecule has 0 aliphatic heterocycles. The third kappa shape index (κ3) is 2.96.